The number of unbranched alkanes of at least 4 members (excludes halogenated alkanes) is 3. The Bertz CT molecular complexity index is 56.6. The Morgan fingerprint density at radius 2 is 2.09 bits per heavy atom. The molecule has 0 aliphatic carbocycles. The Morgan fingerprint density at radius 1 is 1.27 bits per heavy atom. The van der Waals surface area contributed by atoms with E-state index in [-0.39, 0.29) is 0 Å². The van der Waals surface area contributed by atoms with Gasteiger partial charge >= 0.3 is 0 Å². The third kappa shape index (κ3) is 9.92. The monoisotopic (exact) mass is 157 g/mol. The molecule has 0 heterocycles. The topological polar surface area (TPSA) is 38.0 Å². The molecule has 0 spiro atoms. The van der Waals surface area contributed by atoms with E-state index in [1.54, 1.807) is 0 Å². The summed E-state index contributed by atoms with van der Waals surface area (Å²) in [4.78, 5) is 0. The molecule has 2 nitrogen and oxygen atoms in total. The minimum Gasteiger partial charge on any atom is -0.330 e. The van der Waals surface area contributed by atoms with Gasteiger partial charge in [0, 0.05) is 0 Å². The smallest absolute Gasteiger partial charge is 0.00462 e. The lowest BCUT2D eigenvalue weighted by Gasteiger charge is -2.01. The van der Waals surface area contributed by atoms with E-state index < -0.39 is 0 Å². The van der Waals surface area contributed by atoms with Crippen LogP contribution in [0.4, 0.5) is 0 Å². The van der Waals surface area contributed by atoms with Crippen LogP contribution >= 0.6 is 0 Å². The second-order valence-electron chi connectivity index (χ2n) is 2.76. The van der Waals surface area contributed by atoms with Crippen LogP contribution in [-0.2, 0) is 0 Å². The van der Waals surface area contributed by atoms with Gasteiger partial charge in [-0.05, 0) is 45.3 Å². The molecule has 67 valence electrons. The van der Waals surface area contributed by atoms with Crippen LogP contribution in [-0.4, -0.2) is 19.6 Å². The van der Waals surface area contributed by atoms with Crippen molar-refractivity contribution in [1.82, 2.24) is 5.32 Å². The molecule has 0 aliphatic rings. The van der Waals surface area contributed by atoms with Crippen molar-refractivity contribution in [2.75, 3.05) is 19.6 Å². The summed E-state index contributed by atoms with van der Waals surface area (Å²) in [6.45, 7) is 5.27. The molecule has 1 radical (unpaired) electrons. The SMILES string of the molecule is CCCCNCC[CH]CCN. The summed E-state index contributed by atoms with van der Waals surface area (Å²) in [6, 6.07) is 0. The first-order valence-electron chi connectivity index (χ1n) is 4.64. The molecule has 0 aromatic rings. The maximum absolute atomic E-state index is 5.34. The van der Waals surface area contributed by atoms with Gasteiger partial charge in [-0.2, -0.15) is 0 Å². The summed E-state index contributed by atoms with van der Waals surface area (Å²) in [5.41, 5.74) is 5.34. The molecular weight excluding hydrogens is 136 g/mol. The molecule has 0 unspecified atom stereocenters. The highest BCUT2D eigenvalue weighted by atomic mass is 14.8. The minimum absolute atomic E-state index is 0.787. The molecule has 2 heteroatoms. The fourth-order valence-corrected chi connectivity index (χ4v) is 0.893. The zero-order valence-electron chi connectivity index (χ0n) is 7.60. The van der Waals surface area contributed by atoms with Crippen molar-refractivity contribution in [3.63, 3.8) is 0 Å². The average Bonchev–Trinajstić information content (AvgIpc) is 2.03. The molecule has 0 aromatic carbocycles. The Kier molecular flexibility index (Phi) is 9.85. The van der Waals surface area contributed by atoms with Gasteiger partial charge in [-0.3, -0.25) is 0 Å². The van der Waals surface area contributed by atoms with Crippen molar-refractivity contribution in [2.45, 2.75) is 32.6 Å². The minimum atomic E-state index is 0.787. The van der Waals surface area contributed by atoms with Crippen molar-refractivity contribution in [1.29, 1.82) is 0 Å². The third-order valence-electron chi connectivity index (χ3n) is 1.60. The third-order valence-corrected chi connectivity index (χ3v) is 1.60. The highest BCUT2D eigenvalue weighted by Crippen LogP contribution is 1.89. The summed E-state index contributed by atoms with van der Waals surface area (Å²) in [5, 5.41) is 3.37. The van der Waals surface area contributed by atoms with Crippen LogP contribution in [0.15, 0.2) is 0 Å². The molecule has 3 N–H and O–H groups in total. The Hall–Kier alpha value is -0.0800. The van der Waals surface area contributed by atoms with E-state index in [1.807, 2.05) is 0 Å². The number of nitrogens with two attached hydrogens (primary N) is 1. The van der Waals surface area contributed by atoms with Gasteiger partial charge in [-0.25, -0.2) is 0 Å². The highest BCUT2D eigenvalue weighted by Gasteiger charge is 1.87. The zero-order chi connectivity index (χ0) is 8.36. The summed E-state index contributed by atoms with van der Waals surface area (Å²) in [7, 11) is 0. The molecule has 0 rings (SSSR count). The fourth-order valence-electron chi connectivity index (χ4n) is 0.893. The lowest BCUT2D eigenvalue weighted by molar-refractivity contribution is 0.631. The maximum Gasteiger partial charge on any atom is -0.00462 e. The van der Waals surface area contributed by atoms with Crippen molar-refractivity contribution < 1.29 is 0 Å². The molecule has 0 aliphatic heterocycles. The summed E-state index contributed by atoms with van der Waals surface area (Å²) in [6.07, 6.45) is 7.02. The van der Waals surface area contributed by atoms with Crippen LogP contribution in [0.5, 0.6) is 0 Å². The zero-order valence-corrected chi connectivity index (χ0v) is 7.60. The van der Waals surface area contributed by atoms with Crippen LogP contribution < -0.4 is 11.1 Å². The van der Waals surface area contributed by atoms with Crippen molar-refractivity contribution in [3.05, 3.63) is 6.42 Å². The molecule has 0 aromatic heterocycles. The second kappa shape index (κ2) is 9.92. The van der Waals surface area contributed by atoms with Gasteiger partial charge in [-0.15, -0.1) is 0 Å². The number of rotatable bonds is 8. The standard InChI is InChI=1S/C9H21N2/c1-2-3-8-11-9-6-4-5-7-10/h4,11H,2-3,5-10H2,1H3. The number of hydrogen-bond donors (Lipinski definition) is 2. The molecular formula is C9H21N2. The molecule has 0 amide bonds. The Balaban J connectivity index is 2.69. The normalized spacial score (nSPS) is 10.4. The van der Waals surface area contributed by atoms with Gasteiger partial charge in [0.15, 0.2) is 0 Å². The first kappa shape index (κ1) is 10.9. The second-order valence-corrected chi connectivity index (χ2v) is 2.76. The predicted molar refractivity (Wildman–Crippen MR) is 50.4 cm³/mol. The van der Waals surface area contributed by atoms with Crippen LogP contribution in [0.2, 0.25) is 0 Å². The summed E-state index contributed by atoms with van der Waals surface area (Å²) in [5.74, 6) is 0. The van der Waals surface area contributed by atoms with Crippen molar-refractivity contribution in [3.8, 4) is 0 Å². The quantitative estimate of drug-likeness (QED) is 0.521. The maximum atomic E-state index is 5.34. The van der Waals surface area contributed by atoms with E-state index in [2.05, 4.69) is 18.7 Å². The lowest BCUT2D eigenvalue weighted by atomic mass is 10.2. The fraction of sp³-hybridized carbons (Fsp3) is 0.889. The van der Waals surface area contributed by atoms with E-state index in [0.717, 1.165) is 32.5 Å². The van der Waals surface area contributed by atoms with E-state index in [1.165, 1.54) is 12.8 Å². The average molecular weight is 157 g/mol. The van der Waals surface area contributed by atoms with E-state index in [4.69, 9.17) is 5.73 Å². The van der Waals surface area contributed by atoms with Crippen LogP contribution in [0.1, 0.15) is 32.6 Å². The largest absolute Gasteiger partial charge is 0.330 e. The number of nitrogens with one attached hydrogen (secondary N) is 1. The lowest BCUT2D eigenvalue weighted by Crippen LogP contribution is -2.16. The van der Waals surface area contributed by atoms with Gasteiger partial charge in [0.2, 0.25) is 0 Å². The van der Waals surface area contributed by atoms with E-state index in [9.17, 15) is 0 Å². The molecule has 11 heavy (non-hydrogen) atoms. The number of hydrogen-bond acceptors (Lipinski definition) is 2. The Labute approximate surface area is 70.5 Å². The van der Waals surface area contributed by atoms with Gasteiger partial charge in [0.25, 0.3) is 0 Å². The van der Waals surface area contributed by atoms with Crippen LogP contribution in [0.25, 0.3) is 0 Å². The van der Waals surface area contributed by atoms with E-state index >= 15 is 0 Å². The summed E-state index contributed by atoms with van der Waals surface area (Å²) >= 11 is 0. The molecule has 0 bridgehead atoms. The van der Waals surface area contributed by atoms with Crippen LogP contribution in [0.3, 0.4) is 0 Å². The predicted octanol–water partition coefficient (Wildman–Crippen LogP) is 1.32. The Morgan fingerprint density at radius 3 is 2.73 bits per heavy atom. The molecule has 0 saturated heterocycles. The summed E-state index contributed by atoms with van der Waals surface area (Å²) < 4.78 is 0. The van der Waals surface area contributed by atoms with Gasteiger partial charge < -0.3 is 11.1 Å². The van der Waals surface area contributed by atoms with Gasteiger partial charge in [-0.1, -0.05) is 13.3 Å². The first-order chi connectivity index (χ1) is 5.41. The molecule has 0 fully saturated rings. The molecule has 0 saturated carbocycles. The highest BCUT2D eigenvalue weighted by molar-refractivity contribution is 4.65. The van der Waals surface area contributed by atoms with E-state index in [0.29, 0.717) is 0 Å². The van der Waals surface area contributed by atoms with Crippen molar-refractivity contribution >= 4 is 0 Å². The van der Waals surface area contributed by atoms with Gasteiger partial charge in [0.05, 0.1) is 0 Å². The first-order valence-corrected chi connectivity index (χ1v) is 4.64. The van der Waals surface area contributed by atoms with Crippen molar-refractivity contribution in [2.24, 2.45) is 5.73 Å². The van der Waals surface area contributed by atoms with Gasteiger partial charge in [0.1, 0.15) is 0 Å². The van der Waals surface area contributed by atoms with Crippen LogP contribution in [0, 0.1) is 6.42 Å². The molecule has 0 atom stereocenters.